The van der Waals surface area contributed by atoms with Gasteiger partial charge in [0.2, 0.25) is 0 Å². The van der Waals surface area contributed by atoms with Crippen LogP contribution in [0, 0.1) is 11.8 Å². The fourth-order valence-electron chi connectivity index (χ4n) is 5.50. The lowest BCUT2D eigenvalue weighted by molar-refractivity contribution is -0.0112. The molecule has 2 heteroatoms. The van der Waals surface area contributed by atoms with Gasteiger partial charge in [-0.15, -0.1) is 0 Å². The van der Waals surface area contributed by atoms with Crippen LogP contribution in [0.1, 0.15) is 81.2 Å². The van der Waals surface area contributed by atoms with Crippen molar-refractivity contribution in [1.29, 1.82) is 0 Å². The van der Waals surface area contributed by atoms with Gasteiger partial charge in [-0.05, 0) is 71.6 Å². The Hall–Kier alpha value is -2.42. The fourth-order valence-corrected chi connectivity index (χ4v) is 5.50. The van der Waals surface area contributed by atoms with Gasteiger partial charge in [0, 0.05) is 0 Å². The number of hydrogen-bond acceptors (Lipinski definition) is 2. The van der Waals surface area contributed by atoms with Crippen molar-refractivity contribution < 1.29 is 10.2 Å². The summed E-state index contributed by atoms with van der Waals surface area (Å²) >= 11 is 0. The fraction of sp³-hybridized carbons (Fsp3) is 0.419. The molecule has 2 nitrogen and oxygen atoms in total. The van der Waals surface area contributed by atoms with E-state index in [-0.39, 0.29) is 11.3 Å². The summed E-state index contributed by atoms with van der Waals surface area (Å²) in [5.74, 6) is 0.649. The Balaban J connectivity index is 1.44. The van der Waals surface area contributed by atoms with Crippen LogP contribution in [0.3, 0.4) is 0 Å². The number of hydrogen-bond donors (Lipinski definition) is 2. The molecule has 0 radical (unpaired) electrons. The highest BCUT2D eigenvalue weighted by Crippen LogP contribution is 2.46. The second-order valence-electron chi connectivity index (χ2n) is 10.8. The maximum Gasteiger partial charge on any atom is 0.117 e. The van der Waals surface area contributed by atoms with Crippen LogP contribution >= 0.6 is 0 Å². The molecule has 2 N–H and O–H groups in total. The molecule has 3 aromatic carbocycles. The minimum atomic E-state index is -0.977. The van der Waals surface area contributed by atoms with E-state index >= 15 is 0 Å². The van der Waals surface area contributed by atoms with Gasteiger partial charge in [-0.2, -0.15) is 0 Å². The van der Waals surface area contributed by atoms with Gasteiger partial charge in [0.1, 0.15) is 5.60 Å². The highest BCUT2D eigenvalue weighted by molar-refractivity contribution is 5.37. The molecule has 174 valence electrons. The van der Waals surface area contributed by atoms with Gasteiger partial charge in [0.05, 0.1) is 6.10 Å². The molecule has 33 heavy (non-hydrogen) atoms. The van der Waals surface area contributed by atoms with Gasteiger partial charge in [-0.25, -0.2) is 0 Å². The Kier molecular flexibility index (Phi) is 7.07. The largest absolute Gasteiger partial charge is 0.388 e. The summed E-state index contributed by atoms with van der Waals surface area (Å²) in [4.78, 5) is 0. The van der Waals surface area contributed by atoms with E-state index in [2.05, 4.69) is 45.0 Å². The predicted octanol–water partition coefficient (Wildman–Crippen LogP) is 7.15. The molecule has 1 fully saturated rings. The Bertz CT molecular complexity index is 955. The van der Waals surface area contributed by atoms with Crippen molar-refractivity contribution in [2.75, 3.05) is 0 Å². The lowest BCUT2D eigenvalue weighted by Crippen LogP contribution is -2.38. The molecule has 1 saturated carbocycles. The molecular formula is C31H38O2. The maximum atomic E-state index is 12.1. The quantitative estimate of drug-likeness (QED) is 0.425. The summed E-state index contributed by atoms with van der Waals surface area (Å²) in [5.41, 5.74) is 3.39. The van der Waals surface area contributed by atoms with Crippen molar-refractivity contribution in [1.82, 2.24) is 0 Å². The zero-order valence-electron chi connectivity index (χ0n) is 20.2. The minimum Gasteiger partial charge on any atom is -0.388 e. The highest BCUT2D eigenvalue weighted by atomic mass is 16.3. The lowest BCUT2D eigenvalue weighted by Gasteiger charge is -2.41. The van der Waals surface area contributed by atoms with Crippen LogP contribution in [-0.4, -0.2) is 10.2 Å². The van der Waals surface area contributed by atoms with Crippen molar-refractivity contribution in [2.24, 2.45) is 11.8 Å². The van der Waals surface area contributed by atoms with Crippen molar-refractivity contribution >= 4 is 0 Å². The van der Waals surface area contributed by atoms with Crippen molar-refractivity contribution in [3.63, 3.8) is 0 Å². The molecule has 0 spiro atoms. The van der Waals surface area contributed by atoms with Gasteiger partial charge < -0.3 is 10.2 Å². The normalized spacial score (nSPS) is 20.4. The predicted molar refractivity (Wildman–Crippen MR) is 136 cm³/mol. The lowest BCUT2D eigenvalue weighted by atomic mass is 9.67. The molecule has 1 unspecified atom stereocenters. The summed E-state index contributed by atoms with van der Waals surface area (Å²) in [5, 5.41) is 23.0. The number of aliphatic hydroxyl groups excluding tert-OH is 1. The molecule has 0 heterocycles. The minimum absolute atomic E-state index is 0.121. The number of aliphatic hydroxyl groups is 2. The number of benzene rings is 3. The van der Waals surface area contributed by atoms with Gasteiger partial charge in [-0.3, -0.25) is 0 Å². The average Bonchev–Trinajstić information content (AvgIpc) is 2.84. The summed E-state index contributed by atoms with van der Waals surface area (Å²) in [7, 11) is 0. The zero-order valence-corrected chi connectivity index (χ0v) is 20.2. The summed E-state index contributed by atoms with van der Waals surface area (Å²) in [6.07, 6.45) is 4.34. The molecule has 0 aliphatic heterocycles. The summed E-state index contributed by atoms with van der Waals surface area (Å²) in [6, 6.07) is 28.7. The summed E-state index contributed by atoms with van der Waals surface area (Å²) in [6.45, 7) is 6.63. The SMILES string of the molecule is CC(C)(C)c1ccc(C(O)CC2CCC(C(O)(c3ccccc3)c3ccccc3)CC2)cc1. The van der Waals surface area contributed by atoms with E-state index in [0.29, 0.717) is 5.92 Å². The Morgan fingerprint density at radius 1 is 0.697 bits per heavy atom. The zero-order chi connectivity index (χ0) is 23.5. The van der Waals surface area contributed by atoms with Crippen LogP contribution in [0.5, 0.6) is 0 Å². The molecule has 0 aromatic heterocycles. The van der Waals surface area contributed by atoms with Crippen molar-refractivity contribution in [3.05, 3.63) is 107 Å². The standard InChI is InChI=1S/C31H38O2/c1-30(2,3)25-20-16-24(17-21-25)29(32)22-23-14-18-28(19-15-23)31(33,26-10-6-4-7-11-26)27-12-8-5-9-13-27/h4-13,16-17,20-21,23,28-29,32-33H,14-15,18-19,22H2,1-3H3. The first kappa shape index (κ1) is 23.7. The van der Waals surface area contributed by atoms with Crippen LogP contribution in [-0.2, 0) is 11.0 Å². The van der Waals surface area contributed by atoms with E-state index in [1.54, 1.807) is 0 Å². The van der Waals surface area contributed by atoms with Crippen LogP contribution in [0.4, 0.5) is 0 Å². The third kappa shape index (κ3) is 5.23. The molecular weight excluding hydrogens is 404 g/mol. The van der Waals surface area contributed by atoms with Gasteiger partial charge in [-0.1, -0.05) is 106 Å². The number of rotatable bonds is 6. The first-order valence-corrected chi connectivity index (χ1v) is 12.4. The van der Waals surface area contributed by atoms with Crippen molar-refractivity contribution in [3.8, 4) is 0 Å². The first-order chi connectivity index (χ1) is 15.8. The Morgan fingerprint density at radius 3 is 1.64 bits per heavy atom. The first-order valence-electron chi connectivity index (χ1n) is 12.4. The molecule has 1 aliphatic rings. The van der Waals surface area contributed by atoms with E-state index in [0.717, 1.165) is 48.8 Å². The average molecular weight is 443 g/mol. The van der Waals surface area contributed by atoms with E-state index in [1.807, 2.05) is 60.7 Å². The third-order valence-corrected chi connectivity index (χ3v) is 7.58. The molecule has 1 aliphatic carbocycles. The van der Waals surface area contributed by atoms with E-state index < -0.39 is 11.7 Å². The Morgan fingerprint density at radius 2 is 1.18 bits per heavy atom. The van der Waals surface area contributed by atoms with Crippen LogP contribution in [0.15, 0.2) is 84.9 Å². The highest BCUT2D eigenvalue weighted by Gasteiger charge is 2.41. The third-order valence-electron chi connectivity index (χ3n) is 7.58. The van der Waals surface area contributed by atoms with Crippen LogP contribution in [0.2, 0.25) is 0 Å². The molecule has 4 rings (SSSR count). The molecule has 0 amide bonds. The van der Waals surface area contributed by atoms with E-state index in [4.69, 9.17) is 0 Å². The van der Waals surface area contributed by atoms with Crippen LogP contribution in [0.25, 0.3) is 0 Å². The Labute approximate surface area is 199 Å². The molecule has 1 atom stereocenters. The van der Waals surface area contributed by atoms with E-state index in [9.17, 15) is 10.2 Å². The maximum absolute atomic E-state index is 12.1. The van der Waals surface area contributed by atoms with Crippen LogP contribution < -0.4 is 0 Å². The topological polar surface area (TPSA) is 40.5 Å². The van der Waals surface area contributed by atoms with Crippen molar-refractivity contribution in [2.45, 2.75) is 70.0 Å². The van der Waals surface area contributed by atoms with E-state index in [1.165, 1.54) is 5.56 Å². The molecule has 0 saturated heterocycles. The molecule has 0 bridgehead atoms. The molecule has 3 aromatic rings. The van der Waals surface area contributed by atoms with Gasteiger partial charge in [0.25, 0.3) is 0 Å². The van der Waals surface area contributed by atoms with Gasteiger partial charge in [0.15, 0.2) is 0 Å². The smallest absolute Gasteiger partial charge is 0.117 e. The summed E-state index contributed by atoms with van der Waals surface area (Å²) < 4.78 is 0. The second kappa shape index (κ2) is 9.83. The second-order valence-corrected chi connectivity index (χ2v) is 10.8. The van der Waals surface area contributed by atoms with Gasteiger partial charge >= 0.3 is 0 Å². The monoisotopic (exact) mass is 442 g/mol.